The second kappa shape index (κ2) is 6.71. The number of hydrogen-bond acceptors (Lipinski definition) is 0. The van der Waals surface area contributed by atoms with Gasteiger partial charge in [0.05, 0.1) is 0 Å². The van der Waals surface area contributed by atoms with Gasteiger partial charge >= 0.3 is 75.1 Å². The Hall–Kier alpha value is 0.223. The van der Waals surface area contributed by atoms with E-state index in [0.717, 1.165) is 0 Å². The monoisotopic (exact) mass is 250 g/mol. The van der Waals surface area contributed by atoms with E-state index in [0.29, 0.717) is 3.12 Å². The summed E-state index contributed by atoms with van der Waals surface area (Å²) >= 11 is -0.157. The van der Waals surface area contributed by atoms with E-state index in [1.54, 1.807) is 0 Å². The average Bonchev–Trinajstić information content (AvgIpc) is 2.39. The predicted octanol–water partition coefficient (Wildman–Crippen LogP) is -2.79. The minimum absolute atomic E-state index is 0. The van der Waals surface area contributed by atoms with E-state index < -0.39 is 0 Å². The fourth-order valence-corrected chi connectivity index (χ4v) is 3.90. The van der Waals surface area contributed by atoms with Crippen LogP contribution in [0, 0.1) is 0 Å². The van der Waals surface area contributed by atoms with Crippen LogP contribution in [-0.2, 0) is 23.2 Å². The Morgan fingerprint density at radius 1 is 1.17 bits per heavy atom. The molecule has 0 atom stereocenters. The standard InChI is InChI=1S/C8H11.CH3.2FH.Zr/c1-2-5-8-6-3-4-7-8;;;;/h3-4,6-7H,2,5H2,1H3;1H3;2*1H;/q;;;;+2/p-2. The van der Waals surface area contributed by atoms with E-state index in [2.05, 4.69) is 35.9 Å². The Morgan fingerprint density at radius 3 is 2.00 bits per heavy atom. The molecule has 0 spiro atoms. The van der Waals surface area contributed by atoms with E-state index >= 15 is 0 Å². The maximum absolute atomic E-state index is 2.43. The van der Waals surface area contributed by atoms with Crippen LogP contribution in [0.2, 0.25) is 7.75 Å². The summed E-state index contributed by atoms with van der Waals surface area (Å²) in [6, 6.07) is 0. The van der Waals surface area contributed by atoms with Gasteiger partial charge in [0.25, 0.3) is 0 Å². The zero-order valence-corrected chi connectivity index (χ0v) is 9.94. The SMILES string of the molecule is CCC[C]1([Zr+2][CH3])C=CC=C1.[F-].[F-]. The van der Waals surface area contributed by atoms with Crippen LogP contribution in [0.15, 0.2) is 24.3 Å². The first-order valence-electron chi connectivity index (χ1n) is 3.89. The molecule has 3 heteroatoms. The molecule has 0 unspecified atom stereocenters. The molecule has 0 aromatic carbocycles. The smallest absolute Gasteiger partial charge is 1.00 e. The van der Waals surface area contributed by atoms with Gasteiger partial charge < -0.3 is 9.41 Å². The van der Waals surface area contributed by atoms with Crippen LogP contribution < -0.4 is 9.41 Å². The van der Waals surface area contributed by atoms with E-state index in [-0.39, 0.29) is 32.6 Å². The van der Waals surface area contributed by atoms with Crippen LogP contribution in [0.3, 0.4) is 0 Å². The molecule has 1 aliphatic rings. The van der Waals surface area contributed by atoms with Gasteiger partial charge in [0.1, 0.15) is 0 Å². The molecular formula is C9H14F2Zr. The molecule has 0 saturated heterocycles. The van der Waals surface area contributed by atoms with Crippen molar-refractivity contribution in [1.29, 1.82) is 0 Å². The Balaban J connectivity index is 0. The predicted molar refractivity (Wildman–Crippen MR) is 41.7 cm³/mol. The Labute approximate surface area is 84.4 Å². The van der Waals surface area contributed by atoms with Gasteiger partial charge in [0.2, 0.25) is 0 Å². The van der Waals surface area contributed by atoms with Crippen molar-refractivity contribution in [3.8, 4) is 0 Å². The summed E-state index contributed by atoms with van der Waals surface area (Å²) in [5.41, 5.74) is 0. The molecule has 0 bridgehead atoms. The molecule has 0 radical (unpaired) electrons. The summed E-state index contributed by atoms with van der Waals surface area (Å²) in [7, 11) is 0. The van der Waals surface area contributed by atoms with Crippen molar-refractivity contribution in [3.05, 3.63) is 24.3 Å². The normalized spacial score (nSPS) is 16.2. The van der Waals surface area contributed by atoms with E-state index in [1.807, 2.05) is 0 Å². The first-order valence-corrected chi connectivity index (χ1v) is 7.58. The second-order valence-electron chi connectivity index (χ2n) is 2.76. The Morgan fingerprint density at radius 2 is 1.67 bits per heavy atom. The molecule has 0 heterocycles. The molecule has 0 nitrogen and oxygen atoms in total. The van der Waals surface area contributed by atoms with Gasteiger partial charge in [-0.2, -0.15) is 0 Å². The fraction of sp³-hybridized carbons (Fsp3) is 0.556. The largest absolute Gasteiger partial charge is 1.00 e. The Bertz CT molecular complexity index is 152. The van der Waals surface area contributed by atoms with Crippen molar-refractivity contribution in [2.75, 3.05) is 0 Å². The molecule has 0 aliphatic heterocycles. The summed E-state index contributed by atoms with van der Waals surface area (Å²) in [6.45, 7) is 2.27. The molecule has 0 fully saturated rings. The molecule has 0 N–H and O–H groups in total. The van der Waals surface area contributed by atoms with Gasteiger partial charge in [-0.15, -0.1) is 0 Å². The number of allylic oxidation sites excluding steroid dienone is 4. The van der Waals surface area contributed by atoms with Gasteiger partial charge in [-0.3, -0.25) is 0 Å². The van der Waals surface area contributed by atoms with Crippen molar-refractivity contribution in [1.82, 2.24) is 0 Å². The van der Waals surface area contributed by atoms with Crippen LogP contribution in [0.1, 0.15) is 19.8 Å². The molecule has 0 saturated carbocycles. The van der Waals surface area contributed by atoms with Crippen LogP contribution in [-0.4, -0.2) is 0 Å². The maximum Gasteiger partial charge on any atom is -1.00 e. The number of hydrogen-bond donors (Lipinski definition) is 0. The topological polar surface area (TPSA) is 0 Å². The average molecular weight is 251 g/mol. The van der Waals surface area contributed by atoms with Crippen molar-refractivity contribution in [3.63, 3.8) is 0 Å². The third kappa shape index (κ3) is 3.30. The molecule has 1 aliphatic carbocycles. The van der Waals surface area contributed by atoms with Crippen LogP contribution in [0.4, 0.5) is 0 Å². The zero-order chi connectivity index (χ0) is 7.45. The summed E-state index contributed by atoms with van der Waals surface area (Å²) in [6.07, 6.45) is 11.9. The van der Waals surface area contributed by atoms with E-state index in [4.69, 9.17) is 0 Å². The van der Waals surface area contributed by atoms with Crippen molar-refractivity contribution in [2.24, 2.45) is 0 Å². The quantitative estimate of drug-likeness (QED) is 0.509. The molecule has 68 valence electrons. The van der Waals surface area contributed by atoms with Gasteiger partial charge in [-0.1, -0.05) is 0 Å². The number of rotatable bonds is 3. The molecule has 0 aromatic rings. The van der Waals surface area contributed by atoms with Crippen LogP contribution in [0.25, 0.3) is 0 Å². The maximum atomic E-state index is 2.43. The first kappa shape index (κ1) is 14.7. The minimum Gasteiger partial charge on any atom is -1.00 e. The van der Waals surface area contributed by atoms with Crippen LogP contribution >= 0.6 is 0 Å². The third-order valence-corrected chi connectivity index (χ3v) is 5.75. The van der Waals surface area contributed by atoms with Crippen molar-refractivity contribution >= 4 is 0 Å². The van der Waals surface area contributed by atoms with E-state index in [1.165, 1.54) is 12.8 Å². The molecule has 0 aromatic heterocycles. The summed E-state index contributed by atoms with van der Waals surface area (Å²) in [4.78, 5) is 0. The van der Waals surface area contributed by atoms with E-state index in [9.17, 15) is 0 Å². The number of halogens is 2. The van der Waals surface area contributed by atoms with Crippen molar-refractivity contribution < 1.29 is 32.6 Å². The summed E-state index contributed by atoms with van der Waals surface area (Å²) in [5.74, 6) is 0. The summed E-state index contributed by atoms with van der Waals surface area (Å²) < 4.78 is 3.02. The molecule has 1 rings (SSSR count). The van der Waals surface area contributed by atoms with Crippen molar-refractivity contribution in [2.45, 2.75) is 27.5 Å². The van der Waals surface area contributed by atoms with Gasteiger partial charge in [-0.05, 0) is 0 Å². The van der Waals surface area contributed by atoms with Crippen LogP contribution in [0.5, 0.6) is 0 Å². The molecule has 0 amide bonds. The Kier molecular flexibility index (Phi) is 8.24. The molecule has 12 heavy (non-hydrogen) atoms. The zero-order valence-electron chi connectivity index (χ0n) is 7.48. The molecular weight excluding hydrogens is 237 g/mol. The van der Waals surface area contributed by atoms with Gasteiger partial charge in [-0.25, -0.2) is 0 Å². The minimum atomic E-state index is -0.157. The third-order valence-electron chi connectivity index (χ3n) is 2.03. The second-order valence-corrected chi connectivity index (χ2v) is 6.28. The first-order chi connectivity index (χ1) is 4.83. The van der Waals surface area contributed by atoms with Gasteiger partial charge in [0, 0.05) is 0 Å². The fourth-order valence-electron chi connectivity index (χ4n) is 1.38. The summed E-state index contributed by atoms with van der Waals surface area (Å²) in [5, 5.41) is 0. The van der Waals surface area contributed by atoms with Gasteiger partial charge in [0.15, 0.2) is 0 Å².